The molecule has 2 aromatic carbocycles. The molecular weight excluding hydrogens is 302 g/mol. The van der Waals surface area contributed by atoms with E-state index >= 15 is 0 Å². The van der Waals surface area contributed by atoms with E-state index in [0.29, 0.717) is 0 Å². The lowest BCUT2D eigenvalue weighted by molar-refractivity contribution is -0.122. The summed E-state index contributed by atoms with van der Waals surface area (Å²) in [7, 11) is 1.66. The second kappa shape index (κ2) is 5.67. The minimum atomic E-state index is -0.292. The number of rotatable bonds is 5. The van der Waals surface area contributed by atoms with Crippen molar-refractivity contribution in [3.8, 4) is 5.75 Å². The number of benzene rings is 2. The van der Waals surface area contributed by atoms with Crippen molar-refractivity contribution in [3.05, 3.63) is 60.4 Å². The molecule has 0 spiro atoms. The second-order valence-corrected chi connectivity index (χ2v) is 6.19. The molecule has 1 aliphatic carbocycles. The van der Waals surface area contributed by atoms with Gasteiger partial charge in [-0.2, -0.15) is 0 Å². The fourth-order valence-electron chi connectivity index (χ4n) is 3.22. The van der Waals surface area contributed by atoms with Gasteiger partial charge in [0.15, 0.2) is 0 Å². The highest BCUT2D eigenvalue weighted by atomic mass is 16.5. The molecule has 5 heteroatoms. The number of nitrogens with zero attached hydrogens (tertiary/aromatic N) is 2. The molecule has 0 bridgehead atoms. The van der Waals surface area contributed by atoms with Crippen LogP contribution in [0.15, 0.2) is 54.9 Å². The maximum absolute atomic E-state index is 12.6. The Morgan fingerprint density at radius 3 is 2.75 bits per heavy atom. The molecule has 5 nitrogen and oxygen atoms in total. The van der Waals surface area contributed by atoms with Crippen LogP contribution in [0.5, 0.6) is 5.75 Å². The van der Waals surface area contributed by atoms with Crippen LogP contribution in [0.4, 0.5) is 0 Å². The lowest BCUT2D eigenvalue weighted by atomic mass is 10.0. The Bertz CT molecular complexity index is 896. The SMILES string of the molecule is COc1ccccc1C1(NC(=O)Cn2cnc3ccccc32)CC1. The molecule has 1 N–H and O–H groups in total. The van der Waals surface area contributed by atoms with E-state index in [2.05, 4.69) is 10.3 Å². The van der Waals surface area contributed by atoms with Gasteiger partial charge in [0.25, 0.3) is 0 Å². The van der Waals surface area contributed by atoms with E-state index in [-0.39, 0.29) is 18.0 Å². The van der Waals surface area contributed by atoms with E-state index < -0.39 is 0 Å². The van der Waals surface area contributed by atoms with Gasteiger partial charge in [0.05, 0.1) is 30.0 Å². The Morgan fingerprint density at radius 1 is 1.21 bits per heavy atom. The van der Waals surface area contributed by atoms with Gasteiger partial charge in [-0.05, 0) is 31.0 Å². The summed E-state index contributed by atoms with van der Waals surface area (Å²) in [5.74, 6) is 0.810. The number of imidazole rings is 1. The highest BCUT2D eigenvalue weighted by Crippen LogP contribution is 2.48. The molecule has 122 valence electrons. The first-order valence-corrected chi connectivity index (χ1v) is 8.06. The van der Waals surface area contributed by atoms with E-state index in [4.69, 9.17) is 4.74 Å². The topological polar surface area (TPSA) is 56.1 Å². The van der Waals surface area contributed by atoms with Crippen molar-refractivity contribution in [1.29, 1.82) is 0 Å². The van der Waals surface area contributed by atoms with E-state index in [0.717, 1.165) is 35.2 Å². The summed E-state index contributed by atoms with van der Waals surface area (Å²) >= 11 is 0. The minimum Gasteiger partial charge on any atom is -0.496 e. The summed E-state index contributed by atoms with van der Waals surface area (Å²) in [5, 5.41) is 3.19. The van der Waals surface area contributed by atoms with Gasteiger partial charge in [0, 0.05) is 5.56 Å². The smallest absolute Gasteiger partial charge is 0.240 e. The zero-order valence-electron chi connectivity index (χ0n) is 13.5. The summed E-state index contributed by atoms with van der Waals surface area (Å²) in [6.45, 7) is 0.261. The number of amides is 1. The Morgan fingerprint density at radius 2 is 1.96 bits per heavy atom. The summed E-state index contributed by atoms with van der Waals surface area (Å²) in [6.07, 6.45) is 3.58. The van der Waals surface area contributed by atoms with Gasteiger partial charge in [0.1, 0.15) is 12.3 Å². The van der Waals surface area contributed by atoms with Crippen molar-refractivity contribution in [3.63, 3.8) is 0 Å². The quantitative estimate of drug-likeness (QED) is 0.786. The van der Waals surface area contributed by atoms with Gasteiger partial charge < -0.3 is 14.6 Å². The predicted molar refractivity (Wildman–Crippen MR) is 91.8 cm³/mol. The molecule has 0 radical (unpaired) electrons. The molecular formula is C19H19N3O2. The number of hydrogen-bond acceptors (Lipinski definition) is 3. The highest BCUT2D eigenvalue weighted by Gasteiger charge is 2.47. The molecule has 0 aliphatic heterocycles. The number of nitrogens with one attached hydrogen (secondary N) is 1. The molecule has 4 rings (SSSR count). The zero-order chi connectivity index (χ0) is 16.6. The predicted octanol–water partition coefficient (Wildman–Crippen LogP) is 2.85. The number of aromatic nitrogens is 2. The number of carbonyl (C=O) groups is 1. The van der Waals surface area contributed by atoms with Crippen LogP contribution in [0.25, 0.3) is 11.0 Å². The standard InChI is InChI=1S/C19H19N3O2/c1-24-17-9-5-2-6-14(17)19(10-11-19)21-18(23)12-22-13-20-15-7-3-4-8-16(15)22/h2-9,13H,10-12H2,1H3,(H,21,23). The first-order chi connectivity index (χ1) is 11.7. The highest BCUT2D eigenvalue weighted by molar-refractivity contribution is 5.81. The van der Waals surface area contributed by atoms with Gasteiger partial charge in [-0.25, -0.2) is 4.98 Å². The first-order valence-electron chi connectivity index (χ1n) is 8.06. The molecule has 3 aromatic rings. The van der Waals surface area contributed by atoms with Crippen LogP contribution in [0.2, 0.25) is 0 Å². The maximum Gasteiger partial charge on any atom is 0.240 e. The molecule has 1 heterocycles. The average Bonchev–Trinajstić information content (AvgIpc) is 3.28. The monoisotopic (exact) mass is 321 g/mol. The van der Waals surface area contributed by atoms with E-state index in [1.165, 1.54) is 0 Å². The Kier molecular flexibility index (Phi) is 3.49. The summed E-state index contributed by atoms with van der Waals surface area (Å²) < 4.78 is 7.33. The largest absolute Gasteiger partial charge is 0.496 e. The van der Waals surface area contributed by atoms with Crippen LogP contribution in [-0.2, 0) is 16.9 Å². The van der Waals surface area contributed by atoms with Gasteiger partial charge in [-0.1, -0.05) is 30.3 Å². The van der Waals surface area contributed by atoms with Crippen LogP contribution >= 0.6 is 0 Å². The number of para-hydroxylation sites is 3. The summed E-state index contributed by atoms with van der Waals surface area (Å²) in [4.78, 5) is 16.9. The van der Waals surface area contributed by atoms with Crippen LogP contribution in [0, 0.1) is 0 Å². The third-order valence-electron chi connectivity index (χ3n) is 4.59. The molecule has 0 unspecified atom stereocenters. The van der Waals surface area contributed by atoms with Crippen LogP contribution in [-0.4, -0.2) is 22.6 Å². The lowest BCUT2D eigenvalue weighted by Gasteiger charge is -2.20. The van der Waals surface area contributed by atoms with Gasteiger partial charge in [-0.15, -0.1) is 0 Å². The molecule has 0 saturated heterocycles. The normalized spacial score (nSPS) is 15.2. The van der Waals surface area contributed by atoms with Crippen molar-refractivity contribution in [2.45, 2.75) is 24.9 Å². The van der Waals surface area contributed by atoms with Crippen LogP contribution < -0.4 is 10.1 Å². The van der Waals surface area contributed by atoms with Gasteiger partial charge in [0.2, 0.25) is 5.91 Å². The van der Waals surface area contributed by atoms with Gasteiger partial charge >= 0.3 is 0 Å². The van der Waals surface area contributed by atoms with Crippen molar-refractivity contribution in [1.82, 2.24) is 14.9 Å². The van der Waals surface area contributed by atoms with E-state index in [1.807, 2.05) is 53.1 Å². The fourth-order valence-corrected chi connectivity index (χ4v) is 3.22. The number of methoxy groups -OCH3 is 1. The van der Waals surface area contributed by atoms with E-state index in [1.54, 1.807) is 13.4 Å². The summed E-state index contributed by atoms with van der Waals surface area (Å²) in [6, 6.07) is 15.7. The summed E-state index contributed by atoms with van der Waals surface area (Å²) in [5.41, 5.74) is 2.63. The Balaban J connectivity index is 1.54. The number of fused-ring (bicyclic) bond motifs is 1. The van der Waals surface area contributed by atoms with Crippen molar-refractivity contribution in [2.75, 3.05) is 7.11 Å². The molecule has 1 fully saturated rings. The number of ether oxygens (including phenoxy) is 1. The minimum absolute atomic E-state index is 0.0124. The maximum atomic E-state index is 12.6. The van der Waals surface area contributed by atoms with E-state index in [9.17, 15) is 4.79 Å². The lowest BCUT2D eigenvalue weighted by Crippen LogP contribution is -2.37. The molecule has 0 atom stereocenters. The average molecular weight is 321 g/mol. The Hall–Kier alpha value is -2.82. The second-order valence-electron chi connectivity index (χ2n) is 6.19. The Labute approximate surface area is 140 Å². The molecule has 1 saturated carbocycles. The third-order valence-corrected chi connectivity index (χ3v) is 4.59. The molecule has 1 aromatic heterocycles. The third kappa shape index (κ3) is 2.52. The fraction of sp³-hybridized carbons (Fsp3) is 0.263. The van der Waals surface area contributed by atoms with Crippen LogP contribution in [0.3, 0.4) is 0 Å². The molecule has 1 aliphatic rings. The zero-order valence-corrected chi connectivity index (χ0v) is 13.5. The van der Waals surface area contributed by atoms with Crippen LogP contribution in [0.1, 0.15) is 18.4 Å². The molecule has 24 heavy (non-hydrogen) atoms. The first kappa shape index (κ1) is 14.8. The van der Waals surface area contributed by atoms with Gasteiger partial charge in [-0.3, -0.25) is 4.79 Å². The number of hydrogen-bond donors (Lipinski definition) is 1. The number of carbonyl (C=O) groups excluding carboxylic acids is 1. The van der Waals surface area contributed by atoms with Crippen molar-refractivity contribution < 1.29 is 9.53 Å². The van der Waals surface area contributed by atoms with Crippen molar-refractivity contribution >= 4 is 16.9 Å². The molecule has 1 amide bonds. The van der Waals surface area contributed by atoms with Crippen molar-refractivity contribution in [2.24, 2.45) is 0 Å².